The van der Waals surface area contributed by atoms with Gasteiger partial charge in [0.2, 0.25) is 0 Å². The van der Waals surface area contributed by atoms with Gasteiger partial charge in [-0.1, -0.05) is 24.3 Å². The Bertz CT molecular complexity index is 587. The van der Waals surface area contributed by atoms with Crippen LogP contribution in [0.2, 0.25) is 0 Å². The van der Waals surface area contributed by atoms with Crippen molar-refractivity contribution in [3.63, 3.8) is 0 Å². The van der Waals surface area contributed by atoms with E-state index in [-0.39, 0.29) is 6.54 Å². The van der Waals surface area contributed by atoms with Crippen LogP contribution >= 0.6 is 0 Å². The summed E-state index contributed by atoms with van der Waals surface area (Å²) >= 11 is 0. The maximum absolute atomic E-state index is 10.5. The van der Waals surface area contributed by atoms with Crippen molar-refractivity contribution in [3.05, 3.63) is 54.4 Å². The standard InChI is InChI=1S/C16H18N2O3/c19-16(20)18(21)12-4-3-6-13-5-1-2-7-15(13)14-8-10-17-11-9-14/h1-2,5,7-11,21H,3-4,6,12H2,(H,19,20). The smallest absolute Gasteiger partial charge is 0.431 e. The molecule has 2 aromatic rings. The molecule has 0 atom stereocenters. The maximum Gasteiger partial charge on any atom is 0.431 e. The van der Waals surface area contributed by atoms with Crippen LogP contribution in [0.3, 0.4) is 0 Å². The Hall–Kier alpha value is -2.40. The van der Waals surface area contributed by atoms with Crippen LogP contribution in [0.1, 0.15) is 18.4 Å². The van der Waals surface area contributed by atoms with Crippen molar-refractivity contribution in [1.82, 2.24) is 10.0 Å². The van der Waals surface area contributed by atoms with Crippen molar-refractivity contribution >= 4 is 6.09 Å². The second kappa shape index (κ2) is 7.40. The highest BCUT2D eigenvalue weighted by Crippen LogP contribution is 2.24. The average Bonchev–Trinajstić information content (AvgIpc) is 2.52. The van der Waals surface area contributed by atoms with Crippen LogP contribution in [0.25, 0.3) is 11.1 Å². The monoisotopic (exact) mass is 286 g/mol. The molecule has 1 amide bonds. The number of aryl methyl sites for hydroxylation is 1. The summed E-state index contributed by atoms with van der Waals surface area (Å²) in [5, 5.41) is 18.0. The van der Waals surface area contributed by atoms with Gasteiger partial charge in [-0.25, -0.2) is 4.79 Å². The van der Waals surface area contributed by atoms with Gasteiger partial charge in [-0.3, -0.25) is 10.2 Å². The van der Waals surface area contributed by atoms with Gasteiger partial charge in [0.05, 0.1) is 6.54 Å². The van der Waals surface area contributed by atoms with Crippen LogP contribution < -0.4 is 0 Å². The van der Waals surface area contributed by atoms with Gasteiger partial charge in [0.25, 0.3) is 0 Å². The fourth-order valence-electron chi connectivity index (χ4n) is 2.22. The van der Waals surface area contributed by atoms with Crippen molar-refractivity contribution in [1.29, 1.82) is 0 Å². The van der Waals surface area contributed by atoms with Gasteiger partial charge < -0.3 is 5.11 Å². The number of hydrogen-bond donors (Lipinski definition) is 2. The van der Waals surface area contributed by atoms with Crippen LogP contribution in [0.4, 0.5) is 4.79 Å². The minimum Gasteiger partial charge on any atom is -0.463 e. The summed E-state index contributed by atoms with van der Waals surface area (Å²) in [6.45, 7) is 0.132. The molecule has 0 saturated heterocycles. The molecule has 0 aliphatic carbocycles. The zero-order chi connectivity index (χ0) is 15.1. The second-order valence-electron chi connectivity index (χ2n) is 4.76. The molecule has 5 nitrogen and oxygen atoms in total. The van der Waals surface area contributed by atoms with E-state index >= 15 is 0 Å². The first kappa shape index (κ1) is 15.0. The highest BCUT2D eigenvalue weighted by atomic mass is 16.6. The SMILES string of the molecule is O=C(O)N(O)CCCCc1ccccc1-c1ccncc1. The van der Waals surface area contributed by atoms with E-state index in [1.54, 1.807) is 12.4 Å². The topological polar surface area (TPSA) is 73.7 Å². The maximum atomic E-state index is 10.5. The van der Waals surface area contributed by atoms with Crippen LogP contribution in [0.5, 0.6) is 0 Å². The lowest BCUT2D eigenvalue weighted by atomic mass is 9.97. The Balaban J connectivity index is 1.97. The predicted molar refractivity (Wildman–Crippen MR) is 79.1 cm³/mol. The zero-order valence-electron chi connectivity index (χ0n) is 11.6. The Morgan fingerprint density at radius 3 is 2.52 bits per heavy atom. The van der Waals surface area contributed by atoms with Gasteiger partial charge in [-0.2, -0.15) is 5.06 Å². The molecule has 1 aromatic carbocycles. The Morgan fingerprint density at radius 2 is 1.81 bits per heavy atom. The first-order valence-corrected chi connectivity index (χ1v) is 6.86. The molecule has 110 valence electrons. The molecule has 2 N–H and O–H groups in total. The van der Waals surface area contributed by atoms with Crippen LogP contribution in [0.15, 0.2) is 48.8 Å². The van der Waals surface area contributed by atoms with E-state index in [0.717, 1.165) is 18.4 Å². The van der Waals surface area contributed by atoms with E-state index in [2.05, 4.69) is 17.1 Å². The fraction of sp³-hybridized carbons (Fsp3) is 0.250. The van der Waals surface area contributed by atoms with Crippen molar-refractivity contribution in [3.8, 4) is 11.1 Å². The molecule has 1 aromatic heterocycles. The zero-order valence-corrected chi connectivity index (χ0v) is 11.6. The Labute approximate surface area is 123 Å². The number of nitrogens with zero attached hydrogens (tertiary/aromatic N) is 2. The van der Waals surface area contributed by atoms with Crippen molar-refractivity contribution in [2.24, 2.45) is 0 Å². The lowest BCUT2D eigenvalue weighted by Crippen LogP contribution is -2.26. The van der Waals surface area contributed by atoms with E-state index < -0.39 is 6.09 Å². The lowest BCUT2D eigenvalue weighted by Gasteiger charge is -2.12. The molecule has 0 unspecified atom stereocenters. The van der Waals surface area contributed by atoms with Gasteiger partial charge in [-0.15, -0.1) is 0 Å². The molecule has 0 radical (unpaired) electrons. The molecule has 0 bridgehead atoms. The number of benzene rings is 1. The number of hydrogen-bond acceptors (Lipinski definition) is 3. The molecule has 0 fully saturated rings. The number of amides is 1. The molecule has 0 aliphatic heterocycles. The van der Waals surface area contributed by atoms with E-state index in [0.29, 0.717) is 11.5 Å². The number of carbonyl (C=O) groups is 1. The summed E-state index contributed by atoms with van der Waals surface area (Å²) in [6.07, 6.45) is 4.49. The number of carboxylic acid groups (broad SMARTS) is 1. The summed E-state index contributed by atoms with van der Waals surface area (Å²) in [5.41, 5.74) is 3.50. The summed E-state index contributed by atoms with van der Waals surface area (Å²) < 4.78 is 0. The third-order valence-corrected chi connectivity index (χ3v) is 3.30. The first-order chi connectivity index (χ1) is 10.2. The molecular formula is C16H18N2O3. The summed E-state index contributed by atoms with van der Waals surface area (Å²) in [6, 6.07) is 12.1. The highest BCUT2D eigenvalue weighted by molar-refractivity contribution is 5.66. The van der Waals surface area contributed by atoms with Gasteiger partial charge in [0, 0.05) is 12.4 Å². The quantitative estimate of drug-likeness (QED) is 0.484. The molecular weight excluding hydrogens is 268 g/mol. The number of rotatable bonds is 6. The number of pyridine rings is 1. The predicted octanol–water partition coefficient (Wildman–Crippen LogP) is 3.44. The number of unbranched alkanes of at least 4 members (excludes halogenated alkanes) is 1. The summed E-state index contributed by atoms with van der Waals surface area (Å²) in [4.78, 5) is 14.5. The molecule has 5 heteroatoms. The third-order valence-electron chi connectivity index (χ3n) is 3.30. The van der Waals surface area contributed by atoms with E-state index in [1.165, 1.54) is 11.1 Å². The second-order valence-corrected chi connectivity index (χ2v) is 4.76. The van der Waals surface area contributed by atoms with Crippen molar-refractivity contribution in [2.45, 2.75) is 19.3 Å². The average molecular weight is 286 g/mol. The Kier molecular flexibility index (Phi) is 5.29. The van der Waals surface area contributed by atoms with Gasteiger partial charge in [0.15, 0.2) is 0 Å². The summed E-state index contributed by atoms with van der Waals surface area (Å²) in [7, 11) is 0. The fourth-order valence-corrected chi connectivity index (χ4v) is 2.22. The molecule has 0 aliphatic rings. The number of hydroxylamine groups is 2. The van der Waals surface area contributed by atoms with Gasteiger partial charge >= 0.3 is 6.09 Å². The molecule has 1 heterocycles. The van der Waals surface area contributed by atoms with Crippen LogP contribution in [0, 0.1) is 0 Å². The molecule has 0 spiro atoms. The Morgan fingerprint density at radius 1 is 1.10 bits per heavy atom. The molecule has 21 heavy (non-hydrogen) atoms. The normalized spacial score (nSPS) is 10.3. The molecule has 0 saturated carbocycles. The number of aromatic nitrogens is 1. The van der Waals surface area contributed by atoms with E-state index in [9.17, 15) is 4.79 Å². The van der Waals surface area contributed by atoms with Crippen LogP contribution in [-0.2, 0) is 6.42 Å². The third kappa shape index (κ3) is 4.29. The minimum absolute atomic E-state index is 0.132. The van der Waals surface area contributed by atoms with E-state index in [1.807, 2.05) is 24.3 Å². The van der Waals surface area contributed by atoms with Gasteiger partial charge in [0.1, 0.15) is 0 Å². The summed E-state index contributed by atoms with van der Waals surface area (Å²) in [5.74, 6) is 0. The van der Waals surface area contributed by atoms with Gasteiger partial charge in [-0.05, 0) is 48.1 Å². The van der Waals surface area contributed by atoms with Crippen molar-refractivity contribution < 1.29 is 15.1 Å². The first-order valence-electron chi connectivity index (χ1n) is 6.86. The highest BCUT2D eigenvalue weighted by Gasteiger charge is 2.08. The lowest BCUT2D eigenvalue weighted by molar-refractivity contribution is -0.0644. The van der Waals surface area contributed by atoms with Crippen molar-refractivity contribution in [2.75, 3.05) is 6.54 Å². The van der Waals surface area contributed by atoms with E-state index in [4.69, 9.17) is 10.3 Å². The minimum atomic E-state index is -1.31. The van der Waals surface area contributed by atoms with Crippen LogP contribution in [-0.4, -0.2) is 33.0 Å². The largest absolute Gasteiger partial charge is 0.463 e. The molecule has 2 rings (SSSR count).